The van der Waals surface area contributed by atoms with Crippen molar-refractivity contribution in [3.8, 4) is 0 Å². The van der Waals surface area contributed by atoms with Gasteiger partial charge in [-0.2, -0.15) is 0 Å². The van der Waals surface area contributed by atoms with Crippen LogP contribution in [-0.4, -0.2) is 14.0 Å². The lowest BCUT2D eigenvalue weighted by molar-refractivity contribution is 0.232. The first-order valence-electron chi connectivity index (χ1n) is 6.12. The van der Waals surface area contributed by atoms with Crippen molar-refractivity contribution in [3.63, 3.8) is 0 Å². The van der Waals surface area contributed by atoms with E-state index in [-0.39, 0.29) is 10.6 Å². The average Bonchev–Trinajstić information content (AvgIpc) is 2.73. The molecule has 5 heteroatoms. The van der Waals surface area contributed by atoms with Crippen LogP contribution < -0.4 is 4.72 Å². The Labute approximate surface area is 101 Å². The minimum Gasteiger partial charge on any atom is -0.449 e. The van der Waals surface area contributed by atoms with E-state index >= 15 is 0 Å². The monoisotopic (exact) mass is 255 g/mol. The van der Waals surface area contributed by atoms with Crippen LogP contribution in [0.2, 0.25) is 0 Å². The predicted molar refractivity (Wildman–Crippen MR) is 63.1 cm³/mol. The van der Waals surface area contributed by atoms with Gasteiger partial charge in [0.2, 0.25) is 5.09 Å². The minimum atomic E-state index is -3.47. The molecule has 0 aromatic carbocycles. The molecule has 4 nitrogen and oxygen atoms in total. The van der Waals surface area contributed by atoms with Gasteiger partial charge in [-0.05, 0) is 50.7 Å². The van der Waals surface area contributed by atoms with Crippen LogP contribution >= 0.6 is 0 Å². The van der Waals surface area contributed by atoms with E-state index in [0.29, 0.717) is 11.7 Å². The molecule has 2 aliphatic carbocycles. The lowest BCUT2D eigenvalue weighted by atomic mass is 9.78. The number of aryl methyl sites for hydroxylation is 1. The summed E-state index contributed by atoms with van der Waals surface area (Å²) in [6, 6.07) is 3.20. The van der Waals surface area contributed by atoms with E-state index in [9.17, 15) is 8.42 Å². The third-order valence-electron chi connectivity index (χ3n) is 3.99. The van der Waals surface area contributed by atoms with E-state index in [4.69, 9.17) is 4.42 Å². The van der Waals surface area contributed by atoms with Crippen molar-refractivity contribution in [2.45, 2.75) is 49.7 Å². The average molecular weight is 255 g/mol. The third kappa shape index (κ3) is 1.91. The van der Waals surface area contributed by atoms with Gasteiger partial charge in [0.25, 0.3) is 10.0 Å². The molecule has 3 rings (SSSR count). The van der Waals surface area contributed by atoms with Gasteiger partial charge in [-0.1, -0.05) is 6.42 Å². The van der Waals surface area contributed by atoms with Gasteiger partial charge in [0.15, 0.2) is 0 Å². The molecule has 0 saturated heterocycles. The molecule has 0 radical (unpaired) electrons. The van der Waals surface area contributed by atoms with Gasteiger partial charge in [0, 0.05) is 5.54 Å². The molecule has 1 N–H and O–H groups in total. The van der Waals surface area contributed by atoms with Crippen molar-refractivity contribution in [2.24, 2.45) is 5.92 Å². The predicted octanol–water partition coefficient (Wildman–Crippen LogP) is 2.20. The molecule has 94 valence electrons. The molecule has 1 aromatic rings. The van der Waals surface area contributed by atoms with E-state index in [2.05, 4.69) is 4.72 Å². The summed E-state index contributed by atoms with van der Waals surface area (Å²) in [6.07, 6.45) is 5.47. The molecule has 2 aliphatic rings. The van der Waals surface area contributed by atoms with E-state index in [1.54, 1.807) is 13.0 Å². The smallest absolute Gasteiger partial charge is 0.274 e. The topological polar surface area (TPSA) is 59.3 Å². The Balaban J connectivity index is 1.80. The van der Waals surface area contributed by atoms with E-state index in [1.807, 2.05) is 0 Å². The van der Waals surface area contributed by atoms with E-state index in [1.165, 1.54) is 12.5 Å². The van der Waals surface area contributed by atoms with Gasteiger partial charge in [0.1, 0.15) is 5.76 Å². The van der Waals surface area contributed by atoms with E-state index < -0.39 is 10.0 Å². The highest BCUT2D eigenvalue weighted by molar-refractivity contribution is 7.89. The van der Waals surface area contributed by atoms with Crippen molar-refractivity contribution in [2.75, 3.05) is 0 Å². The molecular weight excluding hydrogens is 238 g/mol. The van der Waals surface area contributed by atoms with Crippen molar-refractivity contribution < 1.29 is 12.8 Å². The molecule has 0 unspecified atom stereocenters. The molecule has 1 heterocycles. The first kappa shape index (κ1) is 11.3. The number of hydrogen-bond donors (Lipinski definition) is 1. The minimum absolute atomic E-state index is 0.0422. The first-order chi connectivity index (χ1) is 8.02. The zero-order valence-electron chi connectivity index (χ0n) is 9.90. The molecule has 17 heavy (non-hydrogen) atoms. The Morgan fingerprint density at radius 2 is 2.06 bits per heavy atom. The normalized spacial score (nSPS) is 23.4. The van der Waals surface area contributed by atoms with Crippen molar-refractivity contribution in [1.82, 2.24) is 4.72 Å². The fourth-order valence-corrected chi connectivity index (χ4v) is 4.06. The van der Waals surface area contributed by atoms with Gasteiger partial charge in [-0.3, -0.25) is 0 Å². The molecule has 0 atom stereocenters. The zero-order valence-corrected chi connectivity index (χ0v) is 10.7. The Hall–Kier alpha value is -0.810. The highest BCUT2D eigenvalue weighted by Crippen LogP contribution is 2.51. The first-order valence-corrected chi connectivity index (χ1v) is 7.61. The van der Waals surface area contributed by atoms with Gasteiger partial charge >= 0.3 is 0 Å². The SMILES string of the molecule is Cc1ccc(S(=O)(=O)NC2(C3CCC3)CC2)o1. The Kier molecular flexibility index (Phi) is 2.38. The van der Waals surface area contributed by atoms with Gasteiger partial charge < -0.3 is 4.42 Å². The van der Waals surface area contributed by atoms with Crippen molar-refractivity contribution >= 4 is 10.0 Å². The van der Waals surface area contributed by atoms with Crippen LogP contribution in [0, 0.1) is 12.8 Å². The molecule has 0 bridgehead atoms. The standard InChI is InChI=1S/C12H17NO3S/c1-9-5-6-11(16-9)17(14,15)13-12(7-8-12)10-3-2-4-10/h5-6,10,13H,2-4,7-8H2,1H3. The lowest BCUT2D eigenvalue weighted by Gasteiger charge is -2.34. The van der Waals surface area contributed by atoms with Gasteiger partial charge in [-0.25, -0.2) is 13.1 Å². The number of nitrogens with one attached hydrogen (secondary N) is 1. The number of sulfonamides is 1. The lowest BCUT2D eigenvalue weighted by Crippen LogP contribution is -2.44. The summed E-state index contributed by atoms with van der Waals surface area (Å²) >= 11 is 0. The Morgan fingerprint density at radius 3 is 2.47 bits per heavy atom. The molecule has 2 fully saturated rings. The molecule has 2 saturated carbocycles. The second kappa shape index (κ2) is 3.59. The van der Waals surface area contributed by atoms with Crippen LogP contribution in [0.15, 0.2) is 21.6 Å². The van der Waals surface area contributed by atoms with Crippen molar-refractivity contribution in [1.29, 1.82) is 0 Å². The maximum absolute atomic E-state index is 12.1. The largest absolute Gasteiger partial charge is 0.449 e. The maximum atomic E-state index is 12.1. The summed E-state index contributed by atoms with van der Waals surface area (Å²) in [5.41, 5.74) is -0.155. The molecule has 1 aromatic heterocycles. The summed E-state index contributed by atoms with van der Waals surface area (Å²) in [5, 5.41) is 0.0422. The quantitative estimate of drug-likeness (QED) is 0.897. The number of hydrogen-bond acceptors (Lipinski definition) is 3. The van der Waals surface area contributed by atoms with Crippen LogP contribution in [0.25, 0.3) is 0 Å². The summed E-state index contributed by atoms with van der Waals surface area (Å²) in [5.74, 6) is 1.16. The van der Waals surface area contributed by atoms with Crippen LogP contribution in [0.3, 0.4) is 0 Å². The molecule has 0 amide bonds. The summed E-state index contributed by atoms with van der Waals surface area (Å²) in [7, 11) is -3.47. The molecule has 0 aliphatic heterocycles. The maximum Gasteiger partial charge on any atom is 0.274 e. The van der Waals surface area contributed by atoms with Crippen LogP contribution in [-0.2, 0) is 10.0 Å². The Morgan fingerprint density at radius 1 is 1.35 bits per heavy atom. The van der Waals surface area contributed by atoms with Crippen LogP contribution in [0.5, 0.6) is 0 Å². The highest BCUT2D eigenvalue weighted by Gasteiger charge is 2.53. The van der Waals surface area contributed by atoms with Crippen LogP contribution in [0.1, 0.15) is 37.9 Å². The number of rotatable bonds is 4. The number of furan rings is 1. The Bertz CT molecular complexity index is 524. The van der Waals surface area contributed by atoms with Crippen molar-refractivity contribution in [3.05, 3.63) is 17.9 Å². The third-order valence-corrected chi connectivity index (χ3v) is 5.42. The second-order valence-corrected chi connectivity index (χ2v) is 6.87. The second-order valence-electron chi connectivity index (χ2n) is 5.25. The summed E-state index contributed by atoms with van der Waals surface area (Å²) in [4.78, 5) is 0. The highest BCUT2D eigenvalue weighted by atomic mass is 32.2. The molecular formula is C12H17NO3S. The van der Waals surface area contributed by atoms with E-state index in [0.717, 1.165) is 25.7 Å². The fraction of sp³-hybridized carbons (Fsp3) is 0.667. The fourth-order valence-electron chi connectivity index (χ4n) is 2.56. The van der Waals surface area contributed by atoms with Gasteiger partial charge in [-0.15, -0.1) is 0 Å². The van der Waals surface area contributed by atoms with Gasteiger partial charge in [0.05, 0.1) is 0 Å². The van der Waals surface area contributed by atoms with Crippen LogP contribution in [0.4, 0.5) is 0 Å². The summed E-state index contributed by atoms with van der Waals surface area (Å²) < 4.78 is 32.3. The molecule has 0 spiro atoms. The summed E-state index contributed by atoms with van der Waals surface area (Å²) in [6.45, 7) is 1.75. The zero-order chi connectivity index (χ0) is 12.1.